The number of amides is 1. The molecule has 162 valence electrons. The highest BCUT2D eigenvalue weighted by Gasteiger charge is 2.35. The second-order valence-electron chi connectivity index (χ2n) is 8.19. The van der Waals surface area contributed by atoms with Crippen molar-refractivity contribution in [3.8, 4) is 0 Å². The second kappa shape index (κ2) is 8.90. The third-order valence-corrected chi connectivity index (χ3v) is 8.52. The Balaban J connectivity index is 1.78. The van der Waals surface area contributed by atoms with Gasteiger partial charge in [0.25, 0.3) is 0 Å². The van der Waals surface area contributed by atoms with Crippen LogP contribution in [0.5, 0.6) is 0 Å². The predicted molar refractivity (Wildman–Crippen MR) is 121 cm³/mol. The number of sulfonamides is 1. The summed E-state index contributed by atoms with van der Waals surface area (Å²) in [6.45, 7) is 11.0. The van der Waals surface area contributed by atoms with Crippen molar-refractivity contribution in [3.05, 3.63) is 58.7 Å². The van der Waals surface area contributed by atoms with Crippen LogP contribution < -0.4 is 4.90 Å². The molecule has 1 fully saturated rings. The first-order valence-corrected chi connectivity index (χ1v) is 12.1. The van der Waals surface area contributed by atoms with Crippen LogP contribution in [-0.4, -0.2) is 38.3 Å². The average Bonchev–Trinajstić information content (AvgIpc) is 2.73. The zero-order valence-electron chi connectivity index (χ0n) is 18.6. The van der Waals surface area contributed by atoms with Crippen molar-refractivity contribution in [2.24, 2.45) is 5.92 Å². The van der Waals surface area contributed by atoms with E-state index in [1.54, 1.807) is 9.21 Å². The van der Waals surface area contributed by atoms with Crippen molar-refractivity contribution in [1.82, 2.24) is 4.31 Å². The molecule has 0 radical (unpaired) electrons. The van der Waals surface area contributed by atoms with Gasteiger partial charge in [0, 0.05) is 31.2 Å². The van der Waals surface area contributed by atoms with Gasteiger partial charge in [0.15, 0.2) is 0 Å². The van der Waals surface area contributed by atoms with E-state index in [9.17, 15) is 13.2 Å². The van der Waals surface area contributed by atoms with Crippen LogP contribution in [0.4, 0.5) is 5.69 Å². The van der Waals surface area contributed by atoms with Gasteiger partial charge >= 0.3 is 0 Å². The van der Waals surface area contributed by atoms with Crippen LogP contribution in [0.15, 0.2) is 41.3 Å². The summed E-state index contributed by atoms with van der Waals surface area (Å²) in [7, 11) is -3.59. The molecule has 0 aromatic heterocycles. The Kier molecular flexibility index (Phi) is 6.68. The van der Waals surface area contributed by atoms with Gasteiger partial charge in [-0.15, -0.1) is 0 Å². The lowest BCUT2D eigenvalue weighted by Gasteiger charge is -2.34. The molecule has 1 aliphatic rings. The lowest BCUT2D eigenvalue weighted by molar-refractivity contribution is -0.123. The Bertz CT molecular complexity index is 998. The summed E-state index contributed by atoms with van der Waals surface area (Å²) in [5, 5.41) is 0. The van der Waals surface area contributed by atoms with Crippen LogP contribution in [-0.2, 0) is 14.8 Å². The topological polar surface area (TPSA) is 57.7 Å². The number of piperidine rings is 1. The molecule has 0 saturated carbocycles. The van der Waals surface area contributed by atoms with Crippen LogP contribution in [0, 0.1) is 33.6 Å². The molecule has 2 aromatic carbocycles. The highest BCUT2D eigenvalue weighted by atomic mass is 32.2. The fourth-order valence-corrected chi connectivity index (χ4v) is 6.38. The molecule has 30 heavy (non-hydrogen) atoms. The molecule has 5 nitrogen and oxygen atoms in total. The zero-order chi connectivity index (χ0) is 22.1. The molecular formula is C24H32N2O3S. The van der Waals surface area contributed by atoms with E-state index in [1.165, 1.54) is 0 Å². The molecule has 0 N–H and O–H groups in total. The third kappa shape index (κ3) is 4.16. The number of para-hydroxylation sites is 1. The summed E-state index contributed by atoms with van der Waals surface area (Å²) < 4.78 is 28.5. The van der Waals surface area contributed by atoms with Gasteiger partial charge in [-0.3, -0.25) is 4.79 Å². The van der Waals surface area contributed by atoms with Crippen molar-refractivity contribution in [2.75, 3.05) is 24.5 Å². The van der Waals surface area contributed by atoms with Crippen LogP contribution in [0.25, 0.3) is 0 Å². The smallest absolute Gasteiger partial charge is 0.243 e. The Labute approximate surface area is 180 Å². The van der Waals surface area contributed by atoms with E-state index in [2.05, 4.69) is 0 Å². The van der Waals surface area contributed by atoms with E-state index in [0.717, 1.165) is 27.9 Å². The molecule has 0 aliphatic carbocycles. The number of nitrogens with zero attached hydrogens (tertiary/aromatic N) is 2. The molecule has 1 heterocycles. The van der Waals surface area contributed by atoms with Crippen LogP contribution >= 0.6 is 0 Å². The van der Waals surface area contributed by atoms with E-state index in [1.807, 2.05) is 71.0 Å². The Hall–Kier alpha value is -2.18. The first-order valence-electron chi connectivity index (χ1n) is 10.6. The van der Waals surface area contributed by atoms with Gasteiger partial charge in [-0.1, -0.05) is 24.3 Å². The minimum Gasteiger partial charge on any atom is -0.312 e. The maximum absolute atomic E-state index is 13.5. The minimum atomic E-state index is -3.59. The number of hydrogen-bond acceptors (Lipinski definition) is 3. The van der Waals surface area contributed by atoms with Crippen molar-refractivity contribution in [1.29, 1.82) is 0 Å². The number of aryl methyl sites for hydroxylation is 2. The largest absolute Gasteiger partial charge is 0.312 e. The summed E-state index contributed by atoms with van der Waals surface area (Å²) in [6, 6.07) is 11.7. The summed E-state index contributed by atoms with van der Waals surface area (Å²) >= 11 is 0. The van der Waals surface area contributed by atoms with Gasteiger partial charge < -0.3 is 4.90 Å². The Morgan fingerprint density at radius 2 is 1.53 bits per heavy atom. The summed E-state index contributed by atoms with van der Waals surface area (Å²) in [6.07, 6.45) is 1.09. The van der Waals surface area contributed by atoms with Crippen LogP contribution in [0.1, 0.15) is 42.0 Å². The highest BCUT2D eigenvalue weighted by Crippen LogP contribution is 2.32. The third-order valence-electron chi connectivity index (χ3n) is 6.35. The second-order valence-corrected chi connectivity index (χ2v) is 10.1. The van der Waals surface area contributed by atoms with Gasteiger partial charge in [-0.2, -0.15) is 4.31 Å². The SMILES string of the molecule is CCN(C(=O)C1CCN(S(=O)(=O)c2c(C)c(C)cc(C)c2C)CC1)c1ccccc1. The molecule has 0 atom stereocenters. The number of benzene rings is 2. The van der Waals surface area contributed by atoms with Crippen molar-refractivity contribution in [3.63, 3.8) is 0 Å². The first-order chi connectivity index (χ1) is 14.2. The molecule has 2 aromatic rings. The normalized spacial score (nSPS) is 15.9. The molecule has 0 spiro atoms. The van der Waals surface area contributed by atoms with E-state index in [0.29, 0.717) is 37.4 Å². The van der Waals surface area contributed by atoms with Gasteiger partial charge in [0.1, 0.15) is 0 Å². The molecule has 1 saturated heterocycles. The fourth-order valence-electron chi connectivity index (χ4n) is 4.33. The molecular weight excluding hydrogens is 396 g/mol. The van der Waals surface area contributed by atoms with Gasteiger partial charge in [0.2, 0.25) is 15.9 Å². The summed E-state index contributed by atoms with van der Waals surface area (Å²) in [5.74, 6) is -0.0717. The molecule has 3 rings (SSSR count). The summed E-state index contributed by atoms with van der Waals surface area (Å²) in [4.78, 5) is 15.3. The number of anilines is 1. The fraction of sp³-hybridized carbons (Fsp3) is 0.458. The molecule has 0 bridgehead atoms. The van der Waals surface area contributed by atoms with E-state index in [-0.39, 0.29) is 11.8 Å². The van der Waals surface area contributed by atoms with Gasteiger partial charge in [0.05, 0.1) is 4.90 Å². The number of rotatable bonds is 5. The highest BCUT2D eigenvalue weighted by molar-refractivity contribution is 7.89. The molecule has 1 aliphatic heterocycles. The Morgan fingerprint density at radius 3 is 2.03 bits per heavy atom. The molecule has 0 unspecified atom stereocenters. The van der Waals surface area contributed by atoms with Gasteiger partial charge in [-0.25, -0.2) is 8.42 Å². The zero-order valence-corrected chi connectivity index (χ0v) is 19.4. The van der Waals surface area contributed by atoms with Crippen LogP contribution in [0.3, 0.4) is 0 Å². The maximum Gasteiger partial charge on any atom is 0.243 e. The minimum absolute atomic E-state index is 0.0829. The van der Waals surface area contributed by atoms with Crippen LogP contribution in [0.2, 0.25) is 0 Å². The van der Waals surface area contributed by atoms with E-state index in [4.69, 9.17) is 0 Å². The van der Waals surface area contributed by atoms with E-state index >= 15 is 0 Å². The average molecular weight is 429 g/mol. The lowest BCUT2D eigenvalue weighted by Crippen LogP contribution is -2.44. The van der Waals surface area contributed by atoms with E-state index < -0.39 is 10.0 Å². The number of carbonyl (C=O) groups excluding carboxylic acids is 1. The van der Waals surface area contributed by atoms with Gasteiger partial charge in [-0.05, 0) is 81.8 Å². The summed E-state index contributed by atoms with van der Waals surface area (Å²) in [5.41, 5.74) is 4.50. The number of hydrogen-bond donors (Lipinski definition) is 0. The van der Waals surface area contributed by atoms with Crippen molar-refractivity contribution in [2.45, 2.75) is 52.4 Å². The monoisotopic (exact) mass is 428 g/mol. The Morgan fingerprint density at radius 1 is 1.00 bits per heavy atom. The standard InChI is InChI=1S/C24H32N2O3S/c1-6-26(22-10-8-7-9-11-22)24(27)21-12-14-25(15-13-21)30(28,29)23-19(4)17(2)16-18(3)20(23)5/h7-11,16,21H,6,12-15H2,1-5H3. The number of carbonyl (C=O) groups is 1. The molecule has 1 amide bonds. The lowest BCUT2D eigenvalue weighted by atomic mass is 9.96. The first kappa shape index (κ1) is 22.5. The molecule has 6 heteroatoms. The quantitative estimate of drug-likeness (QED) is 0.710. The maximum atomic E-state index is 13.5. The van der Waals surface area contributed by atoms with Crippen molar-refractivity contribution >= 4 is 21.6 Å². The predicted octanol–water partition coefficient (Wildman–Crippen LogP) is 4.37. The van der Waals surface area contributed by atoms with Crippen molar-refractivity contribution < 1.29 is 13.2 Å².